The number of nitrogens with zero attached hydrogens (tertiary/aromatic N) is 1. The molecule has 26 heavy (non-hydrogen) atoms. The minimum atomic E-state index is -4.45. The topological polar surface area (TPSA) is 60.5 Å². The Bertz CT molecular complexity index is 756. The van der Waals surface area contributed by atoms with Crippen molar-refractivity contribution in [3.8, 4) is 11.6 Å². The Morgan fingerprint density at radius 3 is 2.73 bits per heavy atom. The van der Waals surface area contributed by atoms with Gasteiger partial charge in [0.05, 0.1) is 5.02 Å². The fourth-order valence-corrected chi connectivity index (χ4v) is 2.09. The van der Waals surface area contributed by atoms with Gasteiger partial charge in [-0.25, -0.2) is 4.98 Å². The number of hydrogen-bond donors (Lipinski definition) is 1. The third kappa shape index (κ3) is 6.44. The number of carbonyl (C=O) groups excluding carboxylic acids is 1. The average molecular weight is 389 g/mol. The molecular formula is C17H16ClF3N2O3. The van der Waals surface area contributed by atoms with E-state index >= 15 is 0 Å². The standard InChI is InChI=1S/C17H16ClF3N2O3/c1-11(26-14-5-3-2-4-13(14)18)16(24)23-9-12-6-7-22-15(8-12)25-10-17(19,20)21/h2-8,11H,9-10H2,1H3,(H,23,24). The minimum absolute atomic E-state index is 0.0833. The Morgan fingerprint density at radius 2 is 2.04 bits per heavy atom. The number of benzene rings is 1. The van der Waals surface area contributed by atoms with Crippen LogP contribution in [-0.4, -0.2) is 29.8 Å². The van der Waals surface area contributed by atoms with Crippen LogP contribution in [0.3, 0.4) is 0 Å². The smallest absolute Gasteiger partial charge is 0.422 e. The SMILES string of the molecule is CC(Oc1ccccc1Cl)C(=O)NCc1ccnc(OCC(F)(F)F)c1. The van der Waals surface area contributed by atoms with E-state index in [4.69, 9.17) is 16.3 Å². The van der Waals surface area contributed by atoms with Gasteiger partial charge in [-0.2, -0.15) is 13.2 Å². The van der Waals surface area contributed by atoms with Crippen molar-refractivity contribution >= 4 is 17.5 Å². The van der Waals surface area contributed by atoms with Crippen LogP contribution in [0.2, 0.25) is 5.02 Å². The normalized spacial score (nSPS) is 12.3. The molecule has 0 bridgehead atoms. The van der Waals surface area contributed by atoms with E-state index in [9.17, 15) is 18.0 Å². The summed E-state index contributed by atoms with van der Waals surface area (Å²) in [5.41, 5.74) is 0.537. The van der Waals surface area contributed by atoms with Gasteiger partial charge < -0.3 is 14.8 Å². The Labute approximate surface area is 153 Å². The number of pyridine rings is 1. The molecule has 0 saturated carbocycles. The number of ether oxygens (including phenoxy) is 2. The van der Waals surface area contributed by atoms with Crippen LogP contribution >= 0.6 is 11.6 Å². The summed E-state index contributed by atoms with van der Waals surface area (Å²) in [6.45, 7) is 0.210. The molecule has 0 aliphatic rings. The fraction of sp³-hybridized carbons (Fsp3) is 0.294. The van der Waals surface area contributed by atoms with Crippen LogP contribution in [-0.2, 0) is 11.3 Å². The van der Waals surface area contributed by atoms with Gasteiger partial charge in [-0.3, -0.25) is 4.79 Å². The van der Waals surface area contributed by atoms with Crippen LogP contribution in [0, 0.1) is 0 Å². The number of amides is 1. The van der Waals surface area contributed by atoms with Gasteiger partial charge in [0.2, 0.25) is 5.88 Å². The molecule has 0 fully saturated rings. The summed E-state index contributed by atoms with van der Waals surface area (Å²) in [7, 11) is 0. The molecule has 1 atom stereocenters. The van der Waals surface area contributed by atoms with Crippen molar-refractivity contribution < 1.29 is 27.4 Å². The van der Waals surface area contributed by atoms with Crippen molar-refractivity contribution in [1.82, 2.24) is 10.3 Å². The first-order valence-corrected chi connectivity index (χ1v) is 7.96. The molecule has 2 aromatic rings. The van der Waals surface area contributed by atoms with Gasteiger partial charge >= 0.3 is 6.18 Å². The van der Waals surface area contributed by atoms with E-state index < -0.39 is 24.8 Å². The second kappa shape index (κ2) is 8.75. The quantitative estimate of drug-likeness (QED) is 0.784. The summed E-state index contributed by atoms with van der Waals surface area (Å²) in [5, 5.41) is 3.01. The van der Waals surface area contributed by atoms with Crippen molar-refractivity contribution in [3.63, 3.8) is 0 Å². The van der Waals surface area contributed by atoms with Crippen LogP contribution < -0.4 is 14.8 Å². The number of alkyl halides is 3. The highest BCUT2D eigenvalue weighted by Gasteiger charge is 2.28. The lowest BCUT2D eigenvalue weighted by Gasteiger charge is -2.15. The zero-order valence-electron chi connectivity index (χ0n) is 13.7. The number of nitrogens with one attached hydrogen (secondary N) is 1. The number of carbonyl (C=O) groups is 1. The predicted molar refractivity (Wildman–Crippen MR) is 89.2 cm³/mol. The third-order valence-corrected chi connectivity index (χ3v) is 3.47. The largest absolute Gasteiger partial charge is 0.479 e. The van der Waals surface area contributed by atoms with E-state index in [2.05, 4.69) is 15.0 Å². The molecule has 0 spiro atoms. The van der Waals surface area contributed by atoms with Crippen molar-refractivity contribution in [3.05, 3.63) is 53.2 Å². The molecule has 140 valence electrons. The monoisotopic (exact) mass is 388 g/mol. The van der Waals surface area contributed by atoms with E-state index in [0.717, 1.165) is 0 Å². The van der Waals surface area contributed by atoms with Crippen LogP contribution in [0.4, 0.5) is 13.2 Å². The molecule has 0 aliphatic carbocycles. The van der Waals surface area contributed by atoms with Crippen molar-refractivity contribution in [1.29, 1.82) is 0 Å². The maximum absolute atomic E-state index is 12.2. The Kier molecular flexibility index (Phi) is 6.68. The van der Waals surface area contributed by atoms with Crippen molar-refractivity contribution in [2.45, 2.75) is 25.7 Å². The van der Waals surface area contributed by atoms with Crippen LogP contribution in [0.5, 0.6) is 11.6 Å². The van der Waals surface area contributed by atoms with Crippen molar-refractivity contribution in [2.75, 3.05) is 6.61 Å². The van der Waals surface area contributed by atoms with Gasteiger partial charge in [-0.15, -0.1) is 0 Å². The Morgan fingerprint density at radius 1 is 1.31 bits per heavy atom. The van der Waals surface area contributed by atoms with E-state index in [1.807, 2.05) is 0 Å². The molecular weight excluding hydrogens is 373 g/mol. The summed E-state index contributed by atoms with van der Waals surface area (Å²) in [6.07, 6.45) is -3.95. The summed E-state index contributed by atoms with van der Waals surface area (Å²) in [4.78, 5) is 15.8. The molecule has 1 aromatic heterocycles. The average Bonchev–Trinajstić information content (AvgIpc) is 2.59. The number of rotatable bonds is 7. The number of aromatic nitrogens is 1. The predicted octanol–water partition coefficient (Wildman–Crippen LogP) is 3.76. The summed E-state index contributed by atoms with van der Waals surface area (Å²) >= 11 is 5.97. The van der Waals surface area contributed by atoms with Crippen molar-refractivity contribution in [2.24, 2.45) is 0 Å². The van der Waals surface area contributed by atoms with E-state index in [1.54, 1.807) is 37.3 Å². The molecule has 0 saturated heterocycles. The number of para-hydroxylation sites is 1. The lowest BCUT2D eigenvalue weighted by Crippen LogP contribution is -2.36. The van der Waals surface area contributed by atoms with E-state index in [0.29, 0.717) is 16.3 Å². The Hall–Kier alpha value is -2.48. The van der Waals surface area contributed by atoms with Gasteiger partial charge in [0, 0.05) is 18.8 Å². The summed E-state index contributed by atoms with van der Waals surface area (Å²) in [6, 6.07) is 9.62. The lowest BCUT2D eigenvalue weighted by molar-refractivity contribution is -0.154. The van der Waals surface area contributed by atoms with Gasteiger partial charge in [-0.1, -0.05) is 23.7 Å². The molecule has 2 rings (SSSR count). The molecule has 5 nitrogen and oxygen atoms in total. The number of halogens is 4. The van der Waals surface area contributed by atoms with Gasteiger partial charge in [0.15, 0.2) is 12.7 Å². The summed E-state index contributed by atoms with van der Waals surface area (Å²) < 4.78 is 46.5. The third-order valence-electron chi connectivity index (χ3n) is 3.16. The molecule has 1 N–H and O–H groups in total. The maximum atomic E-state index is 12.2. The number of hydrogen-bond acceptors (Lipinski definition) is 4. The zero-order valence-corrected chi connectivity index (χ0v) is 14.5. The van der Waals surface area contributed by atoms with Crippen LogP contribution in [0.1, 0.15) is 12.5 Å². The first-order valence-electron chi connectivity index (χ1n) is 7.58. The first kappa shape index (κ1) is 19.8. The maximum Gasteiger partial charge on any atom is 0.422 e. The highest BCUT2D eigenvalue weighted by atomic mass is 35.5. The molecule has 9 heteroatoms. The van der Waals surface area contributed by atoms with E-state index in [1.165, 1.54) is 12.3 Å². The molecule has 0 aliphatic heterocycles. The van der Waals surface area contributed by atoms with Gasteiger partial charge in [-0.05, 0) is 30.7 Å². The molecule has 1 unspecified atom stereocenters. The second-order valence-electron chi connectivity index (χ2n) is 5.31. The molecule has 1 amide bonds. The second-order valence-corrected chi connectivity index (χ2v) is 5.72. The van der Waals surface area contributed by atoms with Crippen LogP contribution in [0.15, 0.2) is 42.6 Å². The lowest BCUT2D eigenvalue weighted by atomic mass is 10.2. The summed E-state index contributed by atoms with van der Waals surface area (Å²) in [5.74, 6) is -0.197. The van der Waals surface area contributed by atoms with Gasteiger partial charge in [0.1, 0.15) is 5.75 Å². The highest BCUT2D eigenvalue weighted by molar-refractivity contribution is 6.32. The first-order chi connectivity index (χ1) is 12.2. The minimum Gasteiger partial charge on any atom is -0.479 e. The van der Waals surface area contributed by atoms with Gasteiger partial charge in [0.25, 0.3) is 5.91 Å². The molecule has 1 aromatic carbocycles. The Balaban J connectivity index is 1.87. The molecule has 0 radical (unpaired) electrons. The fourth-order valence-electron chi connectivity index (χ4n) is 1.91. The van der Waals surface area contributed by atoms with Crippen LogP contribution in [0.25, 0.3) is 0 Å². The highest BCUT2D eigenvalue weighted by Crippen LogP contribution is 2.24. The van der Waals surface area contributed by atoms with E-state index in [-0.39, 0.29) is 12.4 Å². The zero-order chi connectivity index (χ0) is 19.2. The molecule has 1 heterocycles.